The smallest absolute Gasteiger partial charge is 0.339 e. The summed E-state index contributed by atoms with van der Waals surface area (Å²) in [5.74, 6) is 0.289. The van der Waals surface area contributed by atoms with E-state index in [2.05, 4.69) is 13.8 Å². The fourth-order valence-corrected chi connectivity index (χ4v) is 1.78. The van der Waals surface area contributed by atoms with Gasteiger partial charge in [-0.15, -0.1) is 0 Å². The van der Waals surface area contributed by atoms with E-state index in [0.29, 0.717) is 17.2 Å². The average Bonchev–Trinajstić information content (AvgIpc) is 2.30. The van der Waals surface area contributed by atoms with Gasteiger partial charge >= 0.3 is 5.97 Å². The van der Waals surface area contributed by atoms with Crippen molar-refractivity contribution in [2.75, 3.05) is 12.8 Å². The molecule has 3 nitrogen and oxygen atoms in total. The lowest BCUT2D eigenvalue weighted by Crippen LogP contribution is -2.08. The van der Waals surface area contributed by atoms with E-state index in [1.54, 1.807) is 6.07 Å². The largest absolute Gasteiger partial charge is 0.465 e. The Balaban J connectivity index is 2.98. The number of esters is 1. The summed E-state index contributed by atoms with van der Waals surface area (Å²) >= 11 is 0. The molecule has 1 aromatic carbocycles. The van der Waals surface area contributed by atoms with E-state index >= 15 is 0 Å². The van der Waals surface area contributed by atoms with Crippen LogP contribution in [0, 0.1) is 12.8 Å². The first kappa shape index (κ1) is 13.6. The van der Waals surface area contributed by atoms with Crippen LogP contribution in [0.2, 0.25) is 0 Å². The van der Waals surface area contributed by atoms with Crippen molar-refractivity contribution < 1.29 is 9.53 Å². The zero-order chi connectivity index (χ0) is 13.0. The maximum atomic E-state index is 11.5. The lowest BCUT2D eigenvalue weighted by atomic mass is 9.96. The van der Waals surface area contributed by atoms with Gasteiger partial charge in [0.15, 0.2) is 0 Å². The zero-order valence-electron chi connectivity index (χ0n) is 11.0. The first-order chi connectivity index (χ1) is 7.97. The van der Waals surface area contributed by atoms with Gasteiger partial charge in [-0.05, 0) is 42.9 Å². The molecular formula is C14H21NO2. The summed E-state index contributed by atoms with van der Waals surface area (Å²) in [4.78, 5) is 11.5. The Morgan fingerprint density at radius 1 is 1.41 bits per heavy atom. The van der Waals surface area contributed by atoms with E-state index in [0.717, 1.165) is 18.4 Å². The number of hydrogen-bond donors (Lipinski definition) is 1. The highest BCUT2D eigenvalue weighted by atomic mass is 16.5. The van der Waals surface area contributed by atoms with Crippen LogP contribution in [0.25, 0.3) is 0 Å². The van der Waals surface area contributed by atoms with Crippen molar-refractivity contribution in [1.29, 1.82) is 0 Å². The van der Waals surface area contributed by atoms with Crippen LogP contribution in [0.5, 0.6) is 0 Å². The Kier molecular flexibility index (Phi) is 4.55. The summed E-state index contributed by atoms with van der Waals surface area (Å²) < 4.78 is 4.69. The minimum Gasteiger partial charge on any atom is -0.465 e. The molecule has 94 valence electrons. The molecule has 0 saturated heterocycles. The van der Waals surface area contributed by atoms with Crippen LogP contribution in [0.15, 0.2) is 12.1 Å². The topological polar surface area (TPSA) is 52.3 Å². The fraction of sp³-hybridized carbons (Fsp3) is 0.500. The van der Waals surface area contributed by atoms with Crippen molar-refractivity contribution in [1.82, 2.24) is 0 Å². The van der Waals surface area contributed by atoms with E-state index in [9.17, 15) is 4.79 Å². The second-order valence-corrected chi connectivity index (χ2v) is 4.74. The average molecular weight is 235 g/mol. The maximum Gasteiger partial charge on any atom is 0.339 e. The van der Waals surface area contributed by atoms with E-state index in [1.165, 1.54) is 12.7 Å². The first-order valence-corrected chi connectivity index (χ1v) is 5.93. The minimum atomic E-state index is -0.374. The van der Waals surface area contributed by atoms with Crippen molar-refractivity contribution in [2.24, 2.45) is 5.92 Å². The molecule has 0 saturated carbocycles. The van der Waals surface area contributed by atoms with Crippen LogP contribution in [0.3, 0.4) is 0 Å². The van der Waals surface area contributed by atoms with Crippen LogP contribution in [0.4, 0.5) is 5.69 Å². The van der Waals surface area contributed by atoms with Crippen molar-refractivity contribution in [3.05, 3.63) is 28.8 Å². The summed E-state index contributed by atoms with van der Waals surface area (Å²) in [6.07, 6.45) is 2.12. The molecule has 0 spiro atoms. The monoisotopic (exact) mass is 235 g/mol. The van der Waals surface area contributed by atoms with E-state index in [4.69, 9.17) is 10.5 Å². The molecule has 0 fully saturated rings. The molecule has 1 aromatic rings. The summed E-state index contributed by atoms with van der Waals surface area (Å²) in [5, 5.41) is 0. The molecule has 0 radical (unpaired) electrons. The molecule has 2 N–H and O–H groups in total. The normalized spacial score (nSPS) is 10.6. The molecular weight excluding hydrogens is 214 g/mol. The number of carbonyl (C=O) groups is 1. The van der Waals surface area contributed by atoms with Crippen LogP contribution >= 0.6 is 0 Å². The van der Waals surface area contributed by atoms with Gasteiger partial charge in [0.2, 0.25) is 0 Å². The zero-order valence-corrected chi connectivity index (χ0v) is 11.0. The molecule has 0 amide bonds. The van der Waals surface area contributed by atoms with Crippen LogP contribution in [-0.2, 0) is 11.2 Å². The first-order valence-electron chi connectivity index (χ1n) is 5.93. The Hall–Kier alpha value is -1.51. The molecule has 0 aliphatic carbocycles. The third-order valence-electron chi connectivity index (χ3n) is 3.02. The quantitative estimate of drug-likeness (QED) is 0.645. The number of rotatable bonds is 4. The van der Waals surface area contributed by atoms with Gasteiger partial charge in [0.05, 0.1) is 12.7 Å². The van der Waals surface area contributed by atoms with Gasteiger partial charge < -0.3 is 10.5 Å². The molecule has 0 aromatic heterocycles. The SMILES string of the molecule is COC(=O)c1ccc(CCC(C)C)c(C)c1N. The van der Waals surface area contributed by atoms with Crippen LogP contribution in [0.1, 0.15) is 41.8 Å². The Labute approximate surface area is 103 Å². The number of benzene rings is 1. The Morgan fingerprint density at radius 2 is 2.06 bits per heavy atom. The molecule has 3 heteroatoms. The molecule has 1 rings (SSSR count). The summed E-state index contributed by atoms with van der Waals surface area (Å²) in [7, 11) is 1.36. The molecule has 0 heterocycles. The lowest BCUT2D eigenvalue weighted by molar-refractivity contribution is 0.0602. The molecule has 0 aliphatic rings. The molecule has 17 heavy (non-hydrogen) atoms. The standard InChI is InChI=1S/C14H21NO2/c1-9(2)5-6-11-7-8-12(14(16)17-4)13(15)10(11)3/h7-9H,5-6,15H2,1-4H3. The molecule has 0 bridgehead atoms. The van der Waals surface area contributed by atoms with Gasteiger partial charge in [-0.2, -0.15) is 0 Å². The Bertz CT molecular complexity index is 411. The van der Waals surface area contributed by atoms with Gasteiger partial charge in [-0.3, -0.25) is 0 Å². The number of hydrogen-bond acceptors (Lipinski definition) is 3. The predicted molar refractivity (Wildman–Crippen MR) is 70.1 cm³/mol. The number of nitrogens with two attached hydrogens (primary N) is 1. The number of ether oxygens (including phenoxy) is 1. The summed E-state index contributed by atoms with van der Waals surface area (Å²) in [6, 6.07) is 3.73. The highest BCUT2D eigenvalue weighted by Gasteiger charge is 2.13. The number of nitrogen functional groups attached to an aromatic ring is 1. The van der Waals surface area contributed by atoms with Crippen LogP contribution < -0.4 is 5.73 Å². The summed E-state index contributed by atoms with van der Waals surface area (Å²) in [6.45, 7) is 6.35. The van der Waals surface area contributed by atoms with Gasteiger partial charge in [0.25, 0.3) is 0 Å². The summed E-state index contributed by atoms with van der Waals surface area (Å²) in [5.41, 5.74) is 9.17. The van der Waals surface area contributed by atoms with Crippen molar-refractivity contribution in [3.8, 4) is 0 Å². The van der Waals surface area contributed by atoms with Crippen LogP contribution in [-0.4, -0.2) is 13.1 Å². The predicted octanol–water partition coefficient (Wildman–Crippen LogP) is 2.95. The second kappa shape index (κ2) is 5.71. The number of aryl methyl sites for hydroxylation is 1. The fourth-order valence-electron chi connectivity index (χ4n) is 1.78. The highest BCUT2D eigenvalue weighted by molar-refractivity contribution is 5.96. The molecule has 0 atom stereocenters. The second-order valence-electron chi connectivity index (χ2n) is 4.74. The third-order valence-corrected chi connectivity index (χ3v) is 3.02. The van der Waals surface area contributed by atoms with E-state index in [-0.39, 0.29) is 5.97 Å². The van der Waals surface area contributed by atoms with Gasteiger partial charge in [0, 0.05) is 5.69 Å². The minimum absolute atomic E-state index is 0.374. The lowest BCUT2D eigenvalue weighted by Gasteiger charge is -2.12. The van der Waals surface area contributed by atoms with E-state index in [1.807, 2.05) is 13.0 Å². The van der Waals surface area contributed by atoms with Crippen molar-refractivity contribution >= 4 is 11.7 Å². The third kappa shape index (κ3) is 3.22. The number of carbonyl (C=O) groups excluding carboxylic acids is 1. The van der Waals surface area contributed by atoms with E-state index < -0.39 is 0 Å². The van der Waals surface area contributed by atoms with Crippen molar-refractivity contribution in [3.63, 3.8) is 0 Å². The van der Waals surface area contributed by atoms with Gasteiger partial charge in [-0.25, -0.2) is 4.79 Å². The highest BCUT2D eigenvalue weighted by Crippen LogP contribution is 2.23. The number of methoxy groups -OCH3 is 1. The number of anilines is 1. The van der Waals surface area contributed by atoms with Gasteiger partial charge in [-0.1, -0.05) is 19.9 Å². The maximum absolute atomic E-state index is 11.5. The molecule has 0 unspecified atom stereocenters. The Morgan fingerprint density at radius 3 is 2.59 bits per heavy atom. The molecule has 0 aliphatic heterocycles. The van der Waals surface area contributed by atoms with Gasteiger partial charge in [0.1, 0.15) is 0 Å². The van der Waals surface area contributed by atoms with Crippen molar-refractivity contribution in [2.45, 2.75) is 33.6 Å².